The van der Waals surface area contributed by atoms with Gasteiger partial charge in [-0.25, -0.2) is 9.18 Å². The van der Waals surface area contributed by atoms with Gasteiger partial charge >= 0.3 is 12.0 Å². The Kier molecular flexibility index (Phi) is 5.49. The van der Waals surface area contributed by atoms with Crippen molar-refractivity contribution in [1.82, 2.24) is 4.90 Å². The summed E-state index contributed by atoms with van der Waals surface area (Å²) in [5.41, 5.74) is 1.12. The van der Waals surface area contributed by atoms with Gasteiger partial charge in [0, 0.05) is 18.8 Å². The van der Waals surface area contributed by atoms with Crippen LogP contribution >= 0.6 is 0 Å². The third kappa shape index (κ3) is 4.22. The van der Waals surface area contributed by atoms with Crippen molar-refractivity contribution in [3.8, 4) is 0 Å². The number of amides is 2. The number of anilines is 1. The van der Waals surface area contributed by atoms with Crippen molar-refractivity contribution in [2.24, 2.45) is 5.92 Å². The Labute approximate surface area is 117 Å². The summed E-state index contributed by atoms with van der Waals surface area (Å²) in [5, 5.41) is 11.5. The van der Waals surface area contributed by atoms with Crippen LogP contribution in [0.15, 0.2) is 18.2 Å². The number of carboxylic acids is 1. The van der Waals surface area contributed by atoms with Crippen LogP contribution < -0.4 is 5.32 Å². The van der Waals surface area contributed by atoms with E-state index in [1.807, 2.05) is 0 Å². The Morgan fingerprint density at radius 3 is 2.60 bits per heavy atom. The Morgan fingerprint density at radius 2 is 2.10 bits per heavy atom. The average Bonchev–Trinajstić information content (AvgIpc) is 2.38. The van der Waals surface area contributed by atoms with Crippen LogP contribution in [-0.4, -0.2) is 35.1 Å². The van der Waals surface area contributed by atoms with Gasteiger partial charge in [-0.15, -0.1) is 0 Å². The molecule has 2 N–H and O–H groups in total. The molecule has 0 radical (unpaired) electrons. The molecule has 0 bridgehead atoms. The first-order valence-electron chi connectivity index (χ1n) is 6.40. The molecule has 0 aromatic heterocycles. The molecular weight excluding hydrogens is 263 g/mol. The molecule has 0 heterocycles. The lowest BCUT2D eigenvalue weighted by atomic mass is 10.1. The molecule has 0 fully saturated rings. The summed E-state index contributed by atoms with van der Waals surface area (Å²) >= 11 is 0. The predicted octanol–water partition coefficient (Wildman–Crippen LogP) is 2.71. The maximum absolute atomic E-state index is 13.0. The fourth-order valence-electron chi connectivity index (χ4n) is 1.73. The number of hydrogen-bond acceptors (Lipinski definition) is 2. The fraction of sp³-hybridized carbons (Fsp3) is 0.429. The lowest BCUT2D eigenvalue weighted by Gasteiger charge is -2.23. The molecule has 1 unspecified atom stereocenters. The van der Waals surface area contributed by atoms with Gasteiger partial charge in [0.2, 0.25) is 0 Å². The van der Waals surface area contributed by atoms with E-state index in [9.17, 15) is 14.0 Å². The third-order valence-corrected chi connectivity index (χ3v) is 3.01. The quantitative estimate of drug-likeness (QED) is 0.872. The second-order valence-electron chi connectivity index (χ2n) is 4.67. The molecule has 0 saturated carbocycles. The van der Waals surface area contributed by atoms with E-state index < -0.39 is 17.9 Å². The zero-order valence-electron chi connectivity index (χ0n) is 11.8. The lowest BCUT2D eigenvalue weighted by Crippen LogP contribution is -2.39. The molecule has 0 aliphatic carbocycles. The average molecular weight is 282 g/mol. The minimum absolute atomic E-state index is 0.123. The van der Waals surface area contributed by atoms with Gasteiger partial charge in [0.1, 0.15) is 5.82 Å². The van der Waals surface area contributed by atoms with Crippen LogP contribution in [0.5, 0.6) is 0 Å². The molecule has 5 nitrogen and oxygen atoms in total. The minimum atomic E-state index is -0.950. The number of nitrogens with one attached hydrogen (secondary N) is 1. The number of aryl methyl sites for hydroxylation is 1. The highest BCUT2D eigenvalue weighted by Crippen LogP contribution is 2.16. The summed E-state index contributed by atoms with van der Waals surface area (Å²) in [6, 6.07) is 3.68. The smallest absolute Gasteiger partial charge is 0.321 e. The molecule has 1 aromatic rings. The Hall–Kier alpha value is -2.11. The van der Waals surface area contributed by atoms with Crippen LogP contribution in [0.1, 0.15) is 19.4 Å². The van der Waals surface area contributed by atoms with E-state index in [0.29, 0.717) is 17.8 Å². The van der Waals surface area contributed by atoms with Gasteiger partial charge in [-0.2, -0.15) is 0 Å². The summed E-state index contributed by atoms with van der Waals surface area (Å²) < 4.78 is 13.0. The minimum Gasteiger partial charge on any atom is -0.481 e. The van der Waals surface area contributed by atoms with Crippen LogP contribution in [0.25, 0.3) is 0 Å². The van der Waals surface area contributed by atoms with Gasteiger partial charge in [0.05, 0.1) is 5.92 Å². The summed E-state index contributed by atoms with van der Waals surface area (Å²) in [7, 11) is 0. The number of urea groups is 1. The number of carbonyl (C=O) groups is 2. The summed E-state index contributed by atoms with van der Waals surface area (Å²) in [6.45, 7) is 5.52. The standard InChI is InChI=1S/C14H19FN2O3/c1-4-17(8-10(3)13(18)19)14(20)16-12-6-5-11(15)7-9(12)2/h5-7,10H,4,8H2,1-3H3,(H,16,20)(H,18,19). The molecule has 110 valence electrons. The molecule has 0 aliphatic rings. The van der Waals surface area contributed by atoms with Gasteiger partial charge in [0.15, 0.2) is 0 Å². The van der Waals surface area contributed by atoms with Crippen molar-refractivity contribution in [2.45, 2.75) is 20.8 Å². The lowest BCUT2D eigenvalue weighted by molar-refractivity contribution is -0.141. The van der Waals surface area contributed by atoms with Crippen LogP contribution in [-0.2, 0) is 4.79 Å². The molecule has 1 atom stereocenters. The molecular formula is C14H19FN2O3. The Bertz CT molecular complexity index is 505. The van der Waals surface area contributed by atoms with E-state index in [-0.39, 0.29) is 12.4 Å². The van der Waals surface area contributed by atoms with Gasteiger partial charge in [0.25, 0.3) is 0 Å². The van der Waals surface area contributed by atoms with Crippen LogP contribution in [0.3, 0.4) is 0 Å². The Balaban J connectivity index is 2.74. The van der Waals surface area contributed by atoms with E-state index in [4.69, 9.17) is 5.11 Å². The van der Waals surface area contributed by atoms with E-state index in [0.717, 1.165) is 0 Å². The van der Waals surface area contributed by atoms with Crippen LogP contribution in [0, 0.1) is 18.7 Å². The number of nitrogens with zero attached hydrogens (tertiary/aromatic N) is 1. The third-order valence-electron chi connectivity index (χ3n) is 3.01. The van der Waals surface area contributed by atoms with Gasteiger partial charge in [-0.1, -0.05) is 6.92 Å². The molecule has 6 heteroatoms. The van der Waals surface area contributed by atoms with Crippen molar-refractivity contribution < 1.29 is 19.1 Å². The predicted molar refractivity (Wildman–Crippen MR) is 74.2 cm³/mol. The highest BCUT2D eigenvalue weighted by Gasteiger charge is 2.19. The molecule has 2 amide bonds. The zero-order valence-corrected chi connectivity index (χ0v) is 11.8. The fourth-order valence-corrected chi connectivity index (χ4v) is 1.73. The first-order valence-corrected chi connectivity index (χ1v) is 6.40. The number of carboxylic acid groups (broad SMARTS) is 1. The zero-order chi connectivity index (χ0) is 15.3. The normalized spacial score (nSPS) is 11.8. The topological polar surface area (TPSA) is 69.6 Å². The van der Waals surface area contributed by atoms with E-state index in [1.165, 1.54) is 23.1 Å². The van der Waals surface area contributed by atoms with E-state index in [1.54, 1.807) is 20.8 Å². The van der Waals surface area contributed by atoms with Crippen LogP contribution in [0.4, 0.5) is 14.9 Å². The first-order chi connectivity index (χ1) is 9.35. The summed E-state index contributed by atoms with van der Waals surface area (Å²) in [6.07, 6.45) is 0. The second-order valence-corrected chi connectivity index (χ2v) is 4.67. The largest absolute Gasteiger partial charge is 0.481 e. The number of rotatable bonds is 5. The number of carbonyl (C=O) groups excluding carboxylic acids is 1. The van der Waals surface area contributed by atoms with E-state index in [2.05, 4.69) is 5.32 Å². The number of halogens is 1. The van der Waals surface area contributed by atoms with Gasteiger partial charge in [-0.3, -0.25) is 4.79 Å². The SMILES string of the molecule is CCN(CC(C)C(=O)O)C(=O)Nc1ccc(F)cc1C. The van der Waals surface area contributed by atoms with Crippen molar-refractivity contribution in [2.75, 3.05) is 18.4 Å². The van der Waals surface area contributed by atoms with Crippen molar-refractivity contribution >= 4 is 17.7 Å². The molecule has 0 saturated heterocycles. The molecule has 0 aliphatic heterocycles. The monoisotopic (exact) mass is 282 g/mol. The van der Waals surface area contributed by atoms with Gasteiger partial charge < -0.3 is 15.3 Å². The summed E-state index contributed by atoms with van der Waals surface area (Å²) in [4.78, 5) is 24.3. The summed E-state index contributed by atoms with van der Waals surface area (Å²) in [5.74, 6) is -1.96. The van der Waals surface area contributed by atoms with E-state index >= 15 is 0 Å². The number of hydrogen-bond donors (Lipinski definition) is 2. The maximum Gasteiger partial charge on any atom is 0.321 e. The molecule has 20 heavy (non-hydrogen) atoms. The van der Waals surface area contributed by atoms with Gasteiger partial charge in [-0.05, 0) is 37.6 Å². The highest BCUT2D eigenvalue weighted by atomic mass is 19.1. The Morgan fingerprint density at radius 1 is 1.45 bits per heavy atom. The molecule has 0 spiro atoms. The van der Waals surface area contributed by atoms with Crippen molar-refractivity contribution in [3.63, 3.8) is 0 Å². The van der Waals surface area contributed by atoms with Crippen molar-refractivity contribution in [1.29, 1.82) is 0 Å². The maximum atomic E-state index is 13.0. The number of aliphatic carboxylic acids is 1. The molecule has 1 aromatic carbocycles. The first kappa shape index (κ1) is 15.9. The highest BCUT2D eigenvalue weighted by molar-refractivity contribution is 5.90. The van der Waals surface area contributed by atoms with Crippen LogP contribution in [0.2, 0.25) is 0 Å². The number of benzene rings is 1. The van der Waals surface area contributed by atoms with Crippen molar-refractivity contribution in [3.05, 3.63) is 29.6 Å². The second kappa shape index (κ2) is 6.88. The molecule has 1 rings (SSSR count).